The molecule has 4 heteroatoms. The van der Waals surface area contributed by atoms with Gasteiger partial charge in [-0.25, -0.2) is 4.79 Å². The number of carbonyl (C=O) groups is 1. The minimum Gasteiger partial charge on any atom is -0.462 e. The molecule has 19 heavy (non-hydrogen) atoms. The van der Waals surface area contributed by atoms with Gasteiger partial charge in [-0.3, -0.25) is 4.68 Å². The van der Waals surface area contributed by atoms with Crippen LogP contribution in [0, 0.1) is 0 Å². The van der Waals surface area contributed by atoms with Crippen molar-refractivity contribution in [1.82, 2.24) is 9.78 Å². The molecule has 0 unspecified atom stereocenters. The van der Waals surface area contributed by atoms with E-state index in [-0.39, 0.29) is 11.9 Å². The molecule has 0 aliphatic heterocycles. The summed E-state index contributed by atoms with van der Waals surface area (Å²) in [5.74, 6) is 0.0390. The Morgan fingerprint density at radius 3 is 2.68 bits per heavy atom. The van der Waals surface area contributed by atoms with E-state index in [9.17, 15) is 4.79 Å². The minimum atomic E-state index is -0.242. The standard InChI is InChI=1S/C15H24N2O2/c1-4-19-15(18)13-10-16-17(14(13)11(2)3)12-8-6-5-7-9-12/h10-12H,4-9H2,1-3H3. The molecule has 1 aromatic heterocycles. The van der Waals surface area contributed by atoms with Gasteiger partial charge in [-0.05, 0) is 25.7 Å². The lowest BCUT2D eigenvalue weighted by Crippen LogP contribution is -2.18. The lowest BCUT2D eigenvalue weighted by molar-refractivity contribution is 0.0524. The number of esters is 1. The van der Waals surface area contributed by atoms with Crippen molar-refractivity contribution in [2.24, 2.45) is 0 Å². The fraction of sp³-hybridized carbons (Fsp3) is 0.733. The molecule has 0 spiro atoms. The van der Waals surface area contributed by atoms with Crippen molar-refractivity contribution in [3.05, 3.63) is 17.5 Å². The van der Waals surface area contributed by atoms with E-state index < -0.39 is 0 Å². The Labute approximate surface area is 115 Å². The molecule has 0 bridgehead atoms. The minimum absolute atomic E-state index is 0.242. The van der Waals surface area contributed by atoms with Gasteiger partial charge < -0.3 is 4.74 Å². The Balaban J connectivity index is 2.30. The summed E-state index contributed by atoms with van der Waals surface area (Å²) < 4.78 is 7.21. The van der Waals surface area contributed by atoms with Crippen LogP contribution in [-0.2, 0) is 4.74 Å². The SMILES string of the molecule is CCOC(=O)c1cnn(C2CCCCC2)c1C(C)C. The monoisotopic (exact) mass is 264 g/mol. The third-order valence-electron chi connectivity index (χ3n) is 3.80. The molecule has 0 radical (unpaired) electrons. The van der Waals surface area contributed by atoms with Gasteiger partial charge in [0.15, 0.2) is 0 Å². The van der Waals surface area contributed by atoms with Crippen LogP contribution >= 0.6 is 0 Å². The van der Waals surface area contributed by atoms with E-state index >= 15 is 0 Å². The van der Waals surface area contributed by atoms with Gasteiger partial charge in [-0.15, -0.1) is 0 Å². The lowest BCUT2D eigenvalue weighted by atomic mass is 9.94. The van der Waals surface area contributed by atoms with Gasteiger partial charge in [0.05, 0.1) is 24.5 Å². The Morgan fingerprint density at radius 1 is 1.42 bits per heavy atom. The summed E-state index contributed by atoms with van der Waals surface area (Å²) in [7, 11) is 0. The number of nitrogens with zero attached hydrogens (tertiary/aromatic N) is 2. The van der Waals surface area contributed by atoms with Crippen molar-refractivity contribution >= 4 is 5.97 Å². The van der Waals surface area contributed by atoms with Gasteiger partial charge in [-0.2, -0.15) is 5.10 Å². The quantitative estimate of drug-likeness (QED) is 0.779. The highest BCUT2D eigenvalue weighted by molar-refractivity contribution is 5.90. The zero-order valence-corrected chi connectivity index (χ0v) is 12.2. The van der Waals surface area contributed by atoms with E-state index in [0.717, 1.165) is 5.69 Å². The van der Waals surface area contributed by atoms with Gasteiger partial charge in [-0.1, -0.05) is 33.1 Å². The average molecular weight is 264 g/mol. The van der Waals surface area contributed by atoms with E-state index in [0.29, 0.717) is 18.2 Å². The van der Waals surface area contributed by atoms with Crippen molar-refractivity contribution in [3.63, 3.8) is 0 Å². The second-order valence-corrected chi connectivity index (χ2v) is 5.56. The van der Waals surface area contributed by atoms with E-state index in [4.69, 9.17) is 4.74 Å². The number of carbonyl (C=O) groups excluding carboxylic acids is 1. The van der Waals surface area contributed by atoms with Crippen molar-refractivity contribution in [1.29, 1.82) is 0 Å². The molecule has 2 rings (SSSR count). The molecular formula is C15H24N2O2. The molecule has 1 fully saturated rings. The average Bonchev–Trinajstić information content (AvgIpc) is 2.85. The fourth-order valence-corrected chi connectivity index (χ4v) is 2.93. The maximum atomic E-state index is 12.0. The van der Waals surface area contributed by atoms with Crippen LogP contribution in [0.15, 0.2) is 6.20 Å². The van der Waals surface area contributed by atoms with E-state index in [1.54, 1.807) is 6.20 Å². The first-order valence-electron chi connectivity index (χ1n) is 7.39. The molecule has 0 aromatic carbocycles. The van der Waals surface area contributed by atoms with Crippen LogP contribution in [-0.4, -0.2) is 22.4 Å². The maximum absolute atomic E-state index is 12.0. The Morgan fingerprint density at radius 2 is 2.11 bits per heavy atom. The molecule has 1 aliphatic carbocycles. The molecule has 0 atom stereocenters. The highest BCUT2D eigenvalue weighted by Crippen LogP contribution is 2.32. The van der Waals surface area contributed by atoms with E-state index in [1.807, 2.05) is 6.92 Å². The summed E-state index contributed by atoms with van der Waals surface area (Å²) in [6.07, 6.45) is 7.86. The van der Waals surface area contributed by atoms with Crippen LogP contribution < -0.4 is 0 Å². The molecule has 0 N–H and O–H groups in total. The van der Waals surface area contributed by atoms with Gasteiger partial charge in [0, 0.05) is 0 Å². The third-order valence-corrected chi connectivity index (χ3v) is 3.80. The zero-order chi connectivity index (χ0) is 13.8. The molecule has 0 amide bonds. The van der Waals surface area contributed by atoms with E-state index in [1.165, 1.54) is 32.1 Å². The van der Waals surface area contributed by atoms with Crippen LogP contribution in [0.1, 0.15) is 80.9 Å². The number of aromatic nitrogens is 2. The molecule has 4 nitrogen and oxygen atoms in total. The highest BCUT2D eigenvalue weighted by Gasteiger charge is 2.25. The van der Waals surface area contributed by atoms with Crippen molar-refractivity contribution in [2.75, 3.05) is 6.61 Å². The summed E-state index contributed by atoms with van der Waals surface area (Å²) in [6, 6.07) is 0.453. The molecule has 1 heterocycles. The molecule has 1 aromatic rings. The van der Waals surface area contributed by atoms with Crippen LogP contribution in [0.3, 0.4) is 0 Å². The predicted octanol–water partition coefficient (Wildman–Crippen LogP) is 3.69. The summed E-state index contributed by atoms with van der Waals surface area (Å²) in [5.41, 5.74) is 1.67. The smallest absolute Gasteiger partial charge is 0.341 e. The molecular weight excluding hydrogens is 240 g/mol. The summed E-state index contributed by atoms with van der Waals surface area (Å²) in [5, 5.41) is 4.48. The predicted molar refractivity (Wildman–Crippen MR) is 74.4 cm³/mol. The van der Waals surface area contributed by atoms with Gasteiger partial charge >= 0.3 is 5.97 Å². The molecule has 1 aliphatic rings. The van der Waals surface area contributed by atoms with Crippen LogP contribution in [0.25, 0.3) is 0 Å². The number of hydrogen-bond donors (Lipinski definition) is 0. The van der Waals surface area contributed by atoms with Crippen LogP contribution in [0.4, 0.5) is 0 Å². The molecule has 0 saturated heterocycles. The van der Waals surface area contributed by atoms with Crippen molar-refractivity contribution in [3.8, 4) is 0 Å². The Bertz CT molecular complexity index is 431. The topological polar surface area (TPSA) is 44.1 Å². The number of rotatable bonds is 4. The first-order valence-corrected chi connectivity index (χ1v) is 7.39. The Hall–Kier alpha value is -1.32. The van der Waals surface area contributed by atoms with Crippen LogP contribution in [0.5, 0.6) is 0 Å². The number of ether oxygens (including phenoxy) is 1. The first-order chi connectivity index (χ1) is 9.15. The highest BCUT2D eigenvalue weighted by atomic mass is 16.5. The molecule has 106 valence electrons. The first kappa shape index (κ1) is 14.1. The summed E-state index contributed by atoms with van der Waals surface area (Å²) in [4.78, 5) is 12.0. The number of hydrogen-bond acceptors (Lipinski definition) is 3. The second kappa shape index (κ2) is 6.22. The normalized spacial score (nSPS) is 16.8. The summed E-state index contributed by atoms with van der Waals surface area (Å²) >= 11 is 0. The largest absolute Gasteiger partial charge is 0.462 e. The zero-order valence-electron chi connectivity index (χ0n) is 12.2. The fourth-order valence-electron chi connectivity index (χ4n) is 2.93. The second-order valence-electron chi connectivity index (χ2n) is 5.56. The van der Waals surface area contributed by atoms with Crippen molar-refractivity contribution in [2.45, 2.75) is 64.8 Å². The maximum Gasteiger partial charge on any atom is 0.341 e. The lowest BCUT2D eigenvalue weighted by Gasteiger charge is -2.25. The van der Waals surface area contributed by atoms with Gasteiger partial charge in [0.1, 0.15) is 5.56 Å². The van der Waals surface area contributed by atoms with E-state index in [2.05, 4.69) is 23.6 Å². The van der Waals surface area contributed by atoms with Gasteiger partial charge in [0.25, 0.3) is 0 Å². The van der Waals surface area contributed by atoms with Crippen molar-refractivity contribution < 1.29 is 9.53 Å². The summed E-state index contributed by atoms with van der Waals surface area (Å²) in [6.45, 7) is 6.46. The van der Waals surface area contributed by atoms with Crippen LogP contribution in [0.2, 0.25) is 0 Å². The Kier molecular flexibility index (Phi) is 4.61. The molecule has 1 saturated carbocycles. The third kappa shape index (κ3) is 2.99. The van der Waals surface area contributed by atoms with Gasteiger partial charge in [0.2, 0.25) is 0 Å².